The molecule has 0 atom stereocenters. The van der Waals surface area contributed by atoms with Gasteiger partial charge in [-0.15, -0.1) is 17.8 Å². The monoisotopic (exact) mass is 271 g/mol. The Labute approximate surface area is 114 Å². The van der Waals surface area contributed by atoms with Crippen molar-refractivity contribution in [3.05, 3.63) is 33.2 Å². The molecule has 0 N–H and O–H groups in total. The lowest BCUT2D eigenvalue weighted by atomic mass is 10.4. The predicted molar refractivity (Wildman–Crippen MR) is 77.8 cm³/mol. The lowest BCUT2D eigenvalue weighted by molar-refractivity contribution is 0.623. The van der Waals surface area contributed by atoms with Gasteiger partial charge in [0, 0.05) is 11.3 Å². The van der Waals surface area contributed by atoms with Crippen molar-refractivity contribution < 1.29 is 0 Å². The van der Waals surface area contributed by atoms with Crippen LogP contribution >= 0.6 is 11.3 Å². The molecule has 0 aliphatic rings. The van der Waals surface area contributed by atoms with Gasteiger partial charge < -0.3 is 0 Å². The van der Waals surface area contributed by atoms with Gasteiger partial charge >= 0.3 is 0 Å². The molecule has 3 rings (SSSR count). The standard InChI is InChI=1S/C14H13N3OS/c1-4-6-16-14(18)11-8-12-10(7-9(3)19-12)17(11)13(5-2)15-16/h1,7-8H,5-6H2,2-3H3. The lowest BCUT2D eigenvalue weighted by Gasteiger charge is -2.07. The predicted octanol–water partition coefficient (Wildman–Crippen LogP) is 2.21. The topological polar surface area (TPSA) is 39.3 Å². The van der Waals surface area contributed by atoms with Crippen LogP contribution in [0.5, 0.6) is 0 Å². The zero-order chi connectivity index (χ0) is 13.6. The fraction of sp³-hybridized carbons (Fsp3) is 0.286. The number of terminal acetylenes is 1. The van der Waals surface area contributed by atoms with Gasteiger partial charge in [-0.2, -0.15) is 5.10 Å². The first kappa shape index (κ1) is 12.0. The number of hydrogen-bond acceptors (Lipinski definition) is 3. The normalized spacial score (nSPS) is 11.2. The van der Waals surface area contributed by atoms with Crippen LogP contribution in [-0.4, -0.2) is 14.2 Å². The maximum absolute atomic E-state index is 12.3. The van der Waals surface area contributed by atoms with Crippen molar-refractivity contribution in [1.82, 2.24) is 14.2 Å². The summed E-state index contributed by atoms with van der Waals surface area (Å²) in [4.78, 5) is 13.6. The molecule has 0 fully saturated rings. The summed E-state index contributed by atoms with van der Waals surface area (Å²) in [6, 6.07) is 4.03. The zero-order valence-corrected chi connectivity index (χ0v) is 11.6. The van der Waals surface area contributed by atoms with E-state index in [-0.39, 0.29) is 12.1 Å². The highest BCUT2D eigenvalue weighted by Crippen LogP contribution is 2.28. The second-order valence-corrected chi connectivity index (χ2v) is 5.70. The largest absolute Gasteiger partial charge is 0.292 e. The molecule has 3 heterocycles. The van der Waals surface area contributed by atoms with Gasteiger partial charge in [0.25, 0.3) is 5.56 Å². The third kappa shape index (κ3) is 1.68. The maximum Gasteiger partial charge on any atom is 0.292 e. The van der Waals surface area contributed by atoms with Gasteiger partial charge in [0.1, 0.15) is 17.9 Å². The first-order valence-corrected chi connectivity index (χ1v) is 6.92. The highest BCUT2D eigenvalue weighted by atomic mass is 32.1. The van der Waals surface area contributed by atoms with Gasteiger partial charge in [0.05, 0.1) is 10.2 Å². The Morgan fingerprint density at radius 2 is 2.21 bits per heavy atom. The average Bonchev–Trinajstić information content (AvgIpc) is 2.89. The first-order chi connectivity index (χ1) is 9.15. The third-order valence-corrected chi connectivity index (χ3v) is 4.10. The van der Waals surface area contributed by atoms with Crippen LogP contribution in [0.25, 0.3) is 15.7 Å². The minimum atomic E-state index is -0.129. The van der Waals surface area contributed by atoms with Gasteiger partial charge in [-0.05, 0) is 19.1 Å². The highest BCUT2D eigenvalue weighted by Gasteiger charge is 2.14. The Bertz CT molecular complexity index is 876. The van der Waals surface area contributed by atoms with E-state index in [4.69, 9.17) is 6.42 Å². The quantitative estimate of drug-likeness (QED) is 0.670. The van der Waals surface area contributed by atoms with Crippen molar-refractivity contribution in [3.8, 4) is 12.3 Å². The fourth-order valence-electron chi connectivity index (χ4n) is 2.34. The van der Waals surface area contributed by atoms with Crippen LogP contribution in [0.2, 0.25) is 0 Å². The van der Waals surface area contributed by atoms with Crippen molar-refractivity contribution in [1.29, 1.82) is 0 Å². The van der Waals surface area contributed by atoms with Gasteiger partial charge in [-0.3, -0.25) is 9.20 Å². The molecule has 3 aromatic rings. The van der Waals surface area contributed by atoms with Gasteiger partial charge in [-0.1, -0.05) is 12.8 Å². The molecule has 19 heavy (non-hydrogen) atoms. The van der Waals surface area contributed by atoms with Crippen molar-refractivity contribution in [2.75, 3.05) is 0 Å². The van der Waals surface area contributed by atoms with E-state index in [2.05, 4.69) is 24.0 Å². The third-order valence-electron chi connectivity index (χ3n) is 3.12. The molecule has 0 saturated carbocycles. The molecule has 0 aromatic carbocycles. The van der Waals surface area contributed by atoms with E-state index >= 15 is 0 Å². The molecule has 0 aliphatic carbocycles. The molecule has 0 amide bonds. The molecule has 96 valence electrons. The molecule has 0 radical (unpaired) electrons. The molecule has 0 aliphatic heterocycles. The van der Waals surface area contributed by atoms with Crippen LogP contribution in [-0.2, 0) is 13.0 Å². The van der Waals surface area contributed by atoms with Crippen molar-refractivity contribution in [2.24, 2.45) is 0 Å². The molecular weight excluding hydrogens is 258 g/mol. The number of hydrogen-bond donors (Lipinski definition) is 0. The fourth-order valence-corrected chi connectivity index (χ4v) is 3.28. The number of fused-ring (bicyclic) bond motifs is 3. The molecular formula is C14H13N3OS. The smallest absolute Gasteiger partial charge is 0.290 e. The summed E-state index contributed by atoms with van der Waals surface area (Å²) in [5, 5.41) is 4.37. The number of rotatable bonds is 2. The molecule has 3 aromatic heterocycles. The second-order valence-electron chi connectivity index (χ2n) is 4.41. The summed E-state index contributed by atoms with van der Waals surface area (Å²) in [6.45, 7) is 4.30. The van der Waals surface area contributed by atoms with E-state index in [0.717, 1.165) is 22.5 Å². The zero-order valence-electron chi connectivity index (χ0n) is 10.8. The number of aromatic nitrogens is 3. The number of nitrogens with zero attached hydrogens (tertiary/aromatic N) is 3. The highest BCUT2D eigenvalue weighted by molar-refractivity contribution is 7.19. The number of aryl methyl sites for hydroxylation is 2. The molecule has 0 spiro atoms. The molecule has 5 heteroatoms. The molecule has 0 saturated heterocycles. The molecule has 0 unspecified atom stereocenters. The first-order valence-electron chi connectivity index (χ1n) is 6.10. The molecule has 0 bridgehead atoms. The van der Waals surface area contributed by atoms with Gasteiger partial charge in [0.2, 0.25) is 0 Å². The SMILES string of the molecule is C#CCn1nc(CC)n2c(cc3sc(C)cc32)c1=O. The van der Waals surface area contributed by atoms with Crippen LogP contribution in [0.15, 0.2) is 16.9 Å². The van der Waals surface area contributed by atoms with Crippen LogP contribution in [0.4, 0.5) is 0 Å². The summed E-state index contributed by atoms with van der Waals surface area (Å²) in [6.07, 6.45) is 6.04. The summed E-state index contributed by atoms with van der Waals surface area (Å²) in [5.41, 5.74) is 1.59. The Hall–Kier alpha value is -2.06. The minimum absolute atomic E-state index is 0.129. The Kier molecular flexibility index (Phi) is 2.68. The van der Waals surface area contributed by atoms with Crippen LogP contribution in [0.1, 0.15) is 17.6 Å². The Morgan fingerprint density at radius 3 is 2.89 bits per heavy atom. The van der Waals surface area contributed by atoms with Crippen LogP contribution in [0, 0.1) is 19.3 Å². The Balaban J connectivity index is 2.49. The maximum atomic E-state index is 12.3. The van der Waals surface area contributed by atoms with E-state index in [9.17, 15) is 4.79 Å². The summed E-state index contributed by atoms with van der Waals surface area (Å²) < 4.78 is 4.43. The van der Waals surface area contributed by atoms with E-state index in [1.807, 2.05) is 17.4 Å². The van der Waals surface area contributed by atoms with Gasteiger partial charge in [0.15, 0.2) is 0 Å². The van der Waals surface area contributed by atoms with Crippen molar-refractivity contribution in [2.45, 2.75) is 26.8 Å². The summed E-state index contributed by atoms with van der Waals surface area (Å²) >= 11 is 1.69. The van der Waals surface area contributed by atoms with Gasteiger partial charge in [-0.25, -0.2) is 4.68 Å². The Morgan fingerprint density at radius 1 is 1.42 bits per heavy atom. The van der Waals surface area contributed by atoms with E-state index in [0.29, 0.717) is 5.52 Å². The average molecular weight is 271 g/mol. The lowest BCUT2D eigenvalue weighted by Crippen LogP contribution is -2.26. The summed E-state index contributed by atoms with van der Waals surface area (Å²) in [5.74, 6) is 3.33. The van der Waals surface area contributed by atoms with Crippen molar-refractivity contribution >= 4 is 27.1 Å². The van der Waals surface area contributed by atoms with Crippen LogP contribution in [0.3, 0.4) is 0 Å². The summed E-state index contributed by atoms with van der Waals surface area (Å²) in [7, 11) is 0. The number of thiophene rings is 1. The van der Waals surface area contributed by atoms with Crippen LogP contribution < -0.4 is 5.56 Å². The minimum Gasteiger partial charge on any atom is -0.290 e. The van der Waals surface area contributed by atoms with Crippen molar-refractivity contribution in [3.63, 3.8) is 0 Å². The van der Waals surface area contributed by atoms with E-state index in [1.54, 1.807) is 11.3 Å². The van der Waals surface area contributed by atoms with E-state index < -0.39 is 0 Å². The second kappa shape index (κ2) is 4.25. The van der Waals surface area contributed by atoms with E-state index in [1.165, 1.54) is 9.56 Å². The molecule has 4 nitrogen and oxygen atoms in total.